The Morgan fingerprint density at radius 1 is 1.00 bits per heavy atom. The first kappa shape index (κ1) is 20.0. The summed E-state index contributed by atoms with van der Waals surface area (Å²) in [6.07, 6.45) is 0. The van der Waals surface area contributed by atoms with Crippen molar-refractivity contribution < 1.29 is 23.8 Å². The Morgan fingerprint density at radius 3 is 2.19 bits per heavy atom. The molecule has 2 aromatic carbocycles. The fourth-order valence-electron chi connectivity index (χ4n) is 2.24. The molecule has 0 radical (unpaired) electrons. The van der Waals surface area contributed by atoms with Gasteiger partial charge in [0, 0.05) is 10.0 Å². The van der Waals surface area contributed by atoms with Crippen LogP contribution in [0.25, 0.3) is 0 Å². The van der Waals surface area contributed by atoms with E-state index in [1.54, 1.807) is 37.4 Å². The van der Waals surface area contributed by atoms with Crippen molar-refractivity contribution in [3.63, 3.8) is 0 Å². The van der Waals surface area contributed by atoms with Crippen LogP contribution in [-0.2, 0) is 16.1 Å². The molecule has 6 heteroatoms. The van der Waals surface area contributed by atoms with E-state index in [1.165, 1.54) is 0 Å². The van der Waals surface area contributed by atoms with E-state index in [0.717, 1.165) is 10.0 Å². The van der Waals surface area contributed by atoms with Crippen LogP contribution in [0.4, 0.5) is 0 Å². The summed E-state index contributed by atoms with van der Waals surface area (Å²) in [5, 5.41) is 0. The van der Waals surface area contributed by atoms with Gasteiger partial charge in [0.1, 0.15) is 12.4 Å². The molecule has 5 nitrogen and oxygen atoms in total. The van der Waals surface area contributed by atoms with Gasteiger partial charge in [0.15, 0.2) is 0 Å². The van der Waals surface area contributed by atoms with Crippen LogP contribution in [-0.4, -0.2) is 25.7 Å². The van der Waals surface area contributed by atoms with Gasteiger partial charge in [-0.2, -0.15) is 0 Å². The second kappa shape index (κ2) is 9.38. The van der Waals surface area contributed by atoms with Gasteiger partial charge in [-0.3, -0.25) is 0 Å². The predicted octanol–water partition coefficient (Wildman–Crippen LogP) is 4.63. The summed E-state index contributed by atoms with van der Waals surface area (Å²) >= 11 is 3.38. The Hall–Kier alpha value is -2.34. The Kier molecular flexibility index (Phi) is 7.21. The molecule has 0 spiro atoms. The largest absolute Gasteiger partial charge is 0.496 e. The molecule has 0 atom stereocenters. The lowest BCUT2D eigenvalue weighted by Gasteiger charge is -2.12. The number of ether oxygens (including phenoxy) is 3. The first-order valence-electron chi connectivity index (χ1n) is 8.18. The molecule has 0 aliphatic heterocycles. The molecule has 0 aliphatic carbocycles. The van der Waals surface area contributed by atoms with E-state index >= 15 is 0 Å². The molecule has 0 saturated heterocycles. The van der Waals surface area contributed by atoms with Gasteiger partial charge in [0.25, 0.3) is 0 Å². The highest BCUT2D eigenvalue weighted by Gasteiger charge is 2.19. The highest BCUT2D eigenvalue weighted by atomic mass is 79.9. The third kappa shape index (κ3) is 5.33. The summed E-state index contributed by atoms with van der Waals surface area (Å²) in [4.78, 5) is 24.7. The van der Waals surface area contributed by atoms with Gasteiger partial charge < -0.3 is 14.2 Å². The van der Waals surface area contributed by atoms with Gasteiger partial charge in [-0.05, 0) is 36.2 Å². The molecule has 0 N–H and O–H groups in total. The maximum Gasteiger partial charge on any atom is 0.339 e. The van der Waals surface area contributed by atoms with Crippen molar-refractivity contribution >= 4 is 27.9 Å². The van der Waals surface area contributed by atoms with E-state index in [1.807, 2.05) is 26.0 Å². The summed E-state index contributed by atoms with van der Waals surface area (Å²) in [5.74, 6) is -0.303. The molecule has 2 aromatic rings. The van der Waals surface area contributed by atoms with Crippen molar-refractivity contribution in [2.24, 2.45) is 5.92 Å². The van der Waals surface area contributed by atoms with Crippen LogP contribution in [0.1, 0.15) is 40.1 Å². The summed E-state index contributed by atoms with van der Waals surface area (Å²) in [6, 6.07) is 11.9. The van der Waals surface area contributed by atoms with Crippen molar-refractivity contribution in [2.75, 3.05) is 13.7 Å². The average molecular weight is 421 g/mol. The van der Waals surface area contributed by atoms with Gasteiger partial charge >= 0.3 is 11.9 Å². The number of hydrogen-bond donors (Lipinski definition) is 0. The summed E-state index contributed by atoms with van der Waals surface area (Å²) in [6.45, 7) is 4.20. The van der Waals surface area contributed by atoms with Crippen molar-refractivity contribution in [2.45, 2.75) is 20.5 Å². The van der Waals surface area contributed by atoms with E-state index in [4.69, 9.17) is 14.2 Å². The fraction of sp³-hybridized carbons (Fsp3) is 0.300. The minimum atomic E-state index is -0.593. The molecular weight excluding hydrogens is 400 g/mol. The minimum Gasteiger partial charge on any atom is -0.496 e. The van der Waals surface area contributed by atoms with Gasteiger partial charge in [-0.1, -0.05) is 41.9 Å². The number of benzene rings is 2. The zero-order valence-electron chi connectivity index (χ0n) is 15.0. The summed E-state index contributed by atoms with van der Waals surface area (Å²) < 4.78 is 16.7. The molecule has 0 heterocycles. The van der Waals surface area contributed by atoms with Crippen LogP contribution in [0.2, 0.25) is 0 Å². The zero-order chi connectivity index (χ0) is 19.1. The Morgan fingerprint density at radius 2 is 1.62 bits per heavy atom. The Bertz CT molecular complexity index is 786. The van der Waals surface area contributed by atoms with Crippen LogP contribution in [0.15, 0.2) is 46.9 Å². The van der Waals surface area contributed by atoms with Gasteiger partial charge in [-0.25, -0.2) is 9.59 Å². The Labute approximate surface area is 161 Å². The monoisotopic (exact) mass is 420 g/mol. The minimum absolute atomic E-state index is 0.0246. The lowest BCUT2D eigenvalue weighted by molar-refractivity contribution is 0.0417. The lowest BCUT2D eigenvalue weighted by Crippen LogP contribution is -2.16. The number of esters is 2. The predicted molar refractivity (Wildman–Crippen MR) is 101 cm³/mol. The quantitative estimate of drug-likeness (QED) is 0.611. The van der Waals surface area contributed by atoms with E-state index < -0.39 is 11.9 Å². The number of hydrogen-bond acceptors (Lipinski definition) is 5. The lowest BCUT2D eigenvalue weighted by atomic mass is 10.1. The topological polar surface area (TPSA) is 61.8 Å². The number of rotatable bonds is 7. The molecule has 0 aliphatic rings. The zero-order valence-corrected chi connectivity index (χ0v) is 16.5. The number of carbonyl (C=O) groups excluding carboxylic acids is 2. The normalized spacial score (nSPS) is 10.5. The molecule has 26 heavy (non-hydrogen) atoms. The van der Waals surface area contributed by atoms with Crippen LogP contribution in [0.5, 0.6) is 5.75 Å². The molecular formula is C20H21BrO5. The van der Waals surface area contributed by atoms with Crippen molar-refractivity contribution in [3.05, 3.63) is 63.6 Å². The van der Waals surface area contributed by atoms with E-state index in [2.05, 4.69) is 15.9 Å². The van der Waals surface area contributed by atoms with E-state index in [0.29, 0.717) is 5.75 Å². The molecule has 2 rings (SSSR count). The van der Waals surface area contributed by atoms with Crippen molar-refractivity contribution in [1.29, 1.82) is 0 Å². The highest BCUT2D eigenvalue weighted by molar-refractivity contribution is 9.10. The number of carbonyl (C=O) groups is 2. The molecule has 138 valence electrons. The second-order valence-corrected chi connectivity index (χ2v) is 6.99. The maximum absolute atomic E-state index is 12.5. The molecule has 0 bridgehead atoms. The van der Waals surface area contributed by atoms with Crippen molar-refractivity contribution in [1.82, 2.24) is 0 Å². The summed E-state index contributed by atoms with van der Waals surface area (Å²) in [5.41, 5.74) is 1.09. The first-order valence-corrected chi connectivity index (χ1v) is 8.97. The van der Waals surface area contributed by atoms with E-state index in [9.17, 15) is 9.59 Å². The highest BCUT2D eigenvalue weighted by Crippen LogP contribution is 2.24. The van der Waals surface area contributed by atoms with Gasteiger partial charge in [0.2, 0.25) is 0 Å². The molecule has 0 fully saturated rings. The maximum atomic E-state index is 12.5. The first-order chi connectivity index (χ1) is 12.4. The van der Waals surface area contributed by atoms with Crippen LogP contribution in [0.3, 0.4) is 0 Å². The SMILES string of the molecule is COc1ccc(Br)cc1COC(=O)c1ccccc1C(=O)OCC(C)C. The molecule has 0 saturated carbocycles. The fourth-order valence-corrected chi connectivity index (χ4v) is 2.65. The third-order valence-electron chi connectivity index (χ3n) is 3.52. The Balaban J connectivity index is 2.13. The van der Waals surface area contributed by atoms with Crippen molar-refractivity contribution in [3.8, 4) is 5.75 Å². The standard InChI is InChI=1S/C20H21BrO5/c1-13(2)11-25-19(22)16-6-4-5-7-17(16)20(23)26-12-14-10-15(21)8-9-18(14)24-3/h4-10,13H,11-12H2,1-3H3. The van der Waals surface area contributed by atoms with Gasteiger partial charge in [-0.15, -0.1) is 0 Å². The average Bonchev–Trinajstić information content (AvgIpc) is 2.64. The molecule has 0 aromatic heterocycles. The summed E-state index contributed by atoms with van der Waals surface area (Å²) in [7, 11) is 1.55. The third-order valence-corrected chi connectivity index (χ3v) is 4.01. The molecule has 0 amide bonds. The smallest absolute Gasteiger partial charge is 0.339 e. The van der Waals surface area contributed by atoms with E-state index in [-0.39, 0.29) is 30.3 Å². The van der Waals surface area contributed by atoms with Crippen LogP contribution in [0, 0.1) is 5.92 Å². The second-order valence-electron chi connectivity index (χ2n) is 6.07. The van der Waals surface area contributed by atoms with Gasteiger partial charge in [0.05, 0.1) is 24.8 Å². The molecule has 0 unspecified atom stereocenters. The number of halogens is 1. The van der Waals surface area contributed by atoms with Crippen LogP contribution >= 0.6 is 15.9 Å². The van der Waals surface area contributed by atoms with Crippen LogP contribution < -0.4 is 4.74 Å². The number of methoxy groups -OCH3 is 1.